The molecule has 3 aromatic rings. The summed E-state index contributed by atoms with van der Waals surface area (Å²) in [7, 11) is 1.64. The Hall–Kier alpha value is -3.67. The van der Waals surface area contributed by atoms with Crippen LogP contribution >= 0.6 is 0 Å². The van der Waals surface area contributed by atoms with Gasteiger partial charge >= 0.3 is 6.03 Å². The number of nitrogens with one attached hydrogen (secondary N) is 2. The fourth-order valence-electron chi connectivity index (χ4n) is 2.42. The van der Waals surface area contributed by atoms with Crippen LogP contribution < -0.4 is 15.4 Å². The van der Waals surface area contributed by atoms with E-state index in [2.05, 4.69) is 20.6 Å². The van der Waals surface area contributed by atoms with Gasteiger partial charge in [0.1, 0.15) is 5.75 Å². The van der Waals surface area contributed by atoms with Crippen LogP contribution in [0.1, 0.15) is 16.8 Å². The Balaban J connectivity index is 1.64. The molecule has 3 rings (SSSR count). The molecule has 0 aliphatic heterocycles. The fourth-order valence-corrected chi connectivity index (χ4v) is 2.42. The Morgan fingerprint density at radius 3 is 2.63 bits per heavy atom. The van der Waals surface area contributed by atoms with E-state index in [1.165, 1.54) is 0 Å². The van der Waals surface area contributed by atoms with Crippen LogP contribution in [0, 0.1) is 0 Å². The number of amides is 2. The van der Waals surface area contributed by atoms with Crippen molar-refractivity contribution >= 4 is 23.9 Å². The molecule has 0 aliphatic rings. The summed E-state index contributed by atoms with van der Waals surface area (Å²) in [6, 6.07) is 15.1. The van der Waals surface area contributed by atoms with Crippen molar-refractivity contribution in [2.45, 2.75) is 6.54 Å². The molecule has 2 N–H and O–H groups in total. The number of urea groups is 1. The predicted octanol–water partition coefficient (Wildman–Crippen LogP) is 3.98. The fraction of sp³-hybridized carbons (Fsp3) is 0.0952. The lowest BCUT2D eigenvalue weighted by molar-refractivity contribution is 0.251. The van der Waals surface area contributed by atoms with Crippen molar-refractivity contribution in [2.75, 3.05) is 12.4 Å². The highest BCUT2D eigenvalue weighted by atomic mass is 16.5. The molecule has 136 valence electrons. The van der Waals surface area contributed by atoms with Crippen LogP contribution in [0.25, 0.3) is 12.2 Å². The standard InChI is InChI=1S/C21H20N4O2/c1-27-19-10-7-16(8-11-19)6-9-17-4-2-3-5-20(17)25-21(26)24-15-18-14-22-12-13-23-18/h2-14H,15H2,1H3,(H2,24,25,26)/b9-6+. The quantitative estimate of drug-likeness (QED) is 0.652. The zero-order valence-corrected chi connectivity index (χ0v) is 14.9. The van der Waals surface area contributed by atoms with Gasteiger partial charge in [0, 0.05) is 18.1 Å². The third-order valence-corrected chi connectivity index (χ3v) is 3.83. The molecule has 0 aliphatic carbocycles. The summed E-state index contributed by atoms with van der Waals surface area (Å²) in [6.07, 6.45) is 8.74. The van der Waals surface area contributed by atoms with Gasteiger partial charge in [-0.05, 0) is 29.3 Å². The molecule has 0 spiro atoms. The van der Waals surface area contributed by atoms with Gasteiger partial charge in [-0.2, -0.15) is 0 Å². The molecule has 0 saturated carbocycles. The largest absolute Gasteiger partial charge is 0.497 e. The van der Waals surface area contributed by atoms with Gasteiger partial charge in [0.25, 0.3) is 0 Å². The second kappa shape index (κ2) is 9.15. The molecule has 0 saturated heterocycles. The highest BCUT2D eigenvalue weighted by Gasteiger charge is 2.05. The minimum atomic E-state index is -0.300. The molecule has 0 unspecified atom stereocenters. The van der Waals surface area contributed by atoms with Crippen molar-refractivity contribution in [1.82, 2.24) is 15.3 Å². The Morgan fingerprint density at radius 1 is 1.07 bits per heavy atom. The summed E-state index contributed by atoms with van der Waals surface area (Å²) >= 11 is 0. The predicted molar refractivity (Wildman–Crippen MR) is 106 cm³/mol. The van der Waals surface area contributed by atoms with Crippen LogP contribution in [0.4, 0.5) is 10.5 Å². The first kappa shape index (κ1) is 18.1. The van der Waals surface area contributed by atoms with E-state index < -0.39 is 0 Å². The smallest absolute Gasteiger partial charge is 0.319 e. The maximum absolute atomic E-state index is 12.2. The van der Waals surface area contributed by atoms with E-state index in [0.717, 1.165) is 22.6 Å². The minimum absolute atomic E-state index is 0.300. The molecule has 0 atom stereocenters. The first-order chi connectivity index (χ1) is 13.2. The molecule has 27 heavy (non-hydrogen) atoms. The molecule has 2 amide bonds. The first-order valence-corrected chi connectivity index (χ1v) is 8.45. The lowest BCUT2D eigenvalue weighted by Gasteiger charge is -2.10. The van der Waals surface area contributed by atoms with E-state index in [4.69, 9.17) is 4.74 Å². The number of carbonyl (C=O) groups excluding carboxylic acids is 1. The maximum atomic E-state index is 12.2. The second-order valence-electron chi connectivity index (χ2n) is 5.70. The zero-order chi connectivity index (χ0) is 18.9. The molecule has 6 nitrogen and oxygen atoms in total. The number of rotatable bonds is 6. The van der Waals surface area contributed by atoms with Gasteiger partial charge in [0.05, 0.1) is 25.5 Å². The van der Waals surface area contributed by atoms with Gasteiger partial charge in [-0.15, -0.1) is 0 Å². The third-order valence-electron chi connectivity index (χ3n) is 3.83. The number of hydrogen-bond acceptors (Lipinski definition) is 4. The number of benzene rings is 2. The Bertz CT molecular complexity index is 909. The van der Waals surface area contributed by atoms with Crippen molar-refractivity contribution in [3.63, 3.8) is 0 Å². The molecule has 1 heterocycles. The number of aromatic nitrogens is 2. The number of methoxy groups -OCH3 is 1. The molecular formula is C21H20N4O2. The van der Waals surface area contributed by atoms with E-state index in [9.17, 15) is 4.79 Å². The maximum Gasteiger partial charge on any atom is 0.319 e. The molecule has 1 aromatic heterocycles. The van der Waals surface area contributed by atoms with Gasteiger partial charge in [0.15, 0.2) is 0 Å². The van der Waals surface area contributed by atoms with Crippen molar-refractivity contribution in [1.29, 1.82) is 0 Å². The molecule has 0 bridgehead atoms. The molecule has 6 heteroatoms. The molecular weight excluding hydrogens is 340 g/mol. The van der Waals surface area contributed by atoms with Gasteiger partial charge in [-0.3, -0.25) is 9.97 Å². The molecule has 0 fully saturated rings. The van der Waals surface area contributed by atoms with Crippen molar-refractivity contribution in [3.8, 4) is 5.75 Å². The van der Waals surface area contributed by atoms with Crippen LogP contribution in [0.2, 0.25) is 0 Å². The third kappa shape index (κ3) is 5.40. The van der Waals surface area contributed by atoms with Crippen molar-refractivity contribution in [3.05, 3.63) is 83.9 Å². The van der Waals surface area contributed by atoms with Crippen LogP contribution in [-0.4, -0.2) is 23.1 Å². The summed E-state index contributed by atoms with van der Waals surface area (Å²) in [5, 5.41) is 5.64. The van der Waals surface area contributed by atoms with Gasteiger partial charge in [-0.25, -0.2) is 4.79 Å². The second-order valence-corrected chi connectivity index (χ2v) is 5.70. The monoisotopic (exact) mass is 360 g/mol. The highest BCUT2D eigenvalue weighted by Crippen LogP contribution is 2.19. The molecule has 2 aromatic carbocycles. The van der Waals surface area contributed by atoms with Gasteiger partial charge in [0.2, 0.25) is 0 Å². The van der Waals surface area contributed by atoms with Crippen LogP contribution in [0.5, 0.6) is 5.75 Å². The van der Waals surface area contributed by atoms with E-state index in [1.54, 1.807) is 25.7 Å². The van der Waals surface area contributed by atoms with E-state index in [1.807, 2.05) is 60.7 Å². The van der Waals surface area contributed by atoms with Crippen molar-refractivity contribution in [2.24, 2.45) is 0 Å². The highest BCUT2D eigenvalue weighted by molar-refractivity contribution is 5.92. The number of para-hydroxylation sites is 1. The van der Waals surface area contributed by atoms with Crippen LogP contribution in [0.15, 0.2) is 67.1 Å². The van der Waals surface area contributed by atoms with E-state index in [0.29, 0.717) is 12.2 Å². The zero-order valence-electron chi connectivity index (χ0n) is 14.9. The topological polar surface area (TPSA) is 76.1 Å². The summed E-state index contributed by atoms with van der Waals surface area (Å²) < 4.78 is 5.16. The lowest BCUT2D eigenvalue weighted by atomic mass is 10.1. The van der Waals surface area contributed by atoms with E-state index in [-0.39, 0.29) is 6.03 Å². The number of carbonyl (C=O) groups is 1. The van der Waals surface area contributed by atoms with E-state index >= 15 is 0 Å². The number of ether oxygens (including phenoxy) is 1. The Morgan fingerprint density at radius 2 is 1.89 bits per heavy atom. The Kier molecular flexibility index (Phi) is 6.14. The van der Waals surface area contributed by atoms with Crippen LogP contribution in [0.3, 0.4) is 0 Å². The average Bonchev–Trinajstić information content (AvgIpc) is 2.73. The van der Waals surface area contributed by atoms with Gasteiger partial charge < -0.3 is 15.4 Å². The number of hydrogen-bond donors (Lipinski definition) is 2. The molecule has 0 radical (unpaired) electrons. The first-order valence-electron chi connectivity index (χ1n) is 8.45. The summed E-state index contributed by atoms with van der Waals surface area (Å²) in [5.41, 5.74) is 3.36. The van der Waals surface area contributed by atoms with Gasteiger partial charge in [-0.1, -0.05) is 42.5 Å². The summed E-state index contributed by atoms with van der Waals surface area (Å²) in [4.78, 5) is 20.3. The number of anilines is 1. The Labute approximate surface area is 157 Å². The summed E-state index contributed by atoms with van der Waals surface area (Å²) in [5.74, 6) is 0.814. The van der Waals surface area contributed by atoms with Crippen molar-refractivity contribution < 1.29 is 9.53 Å². The summed E-state index contributed by atoms with van der Waals surface area (Å²) in [6.45, 7) is 0.309. The normalized spacial score (nSPS) is 10.6. The minimum Gasteiger partial charge on any atom is -0.497 e. The van der Waals surface area contributed by atoms with Crippen LogP contribution in [-0.2, 0) is 6.54 Å². The average molecular weight is 360 g/mol. The lowest BCUT2D eigenvalue weighted by Crippen LogP contribution is -2.28. The SMILES string of the molecule is COc1ccc(/C=C/c2ccccc2NC(=O)NCc2cnccn2)cc1. The number of nitrogens with zero attached hydrogens (tertiary/aromatic N) is 2.